The van der Waals surface area contributed by atoms with Gasteiger partial charge in [-0.3, -0.25) is 9.69 Å². The topological polar surface area (TPSA) is 57.7 Å². The molecule has 0 spiro atoms. The molecule has 0 radical (unpaired) electrons. The lowest BCUT2D eigenvalue weighted by molar-refractivity contribution is -0.138. The van der Waals surface area contributed by atoms with Crippen molar-refractivity contribution in [2.45, 2.75) is 75.9 Å². The molecule has 0 aromatic heterocycles. The summed E-state index contributed by atoms with van der Waals surface area (Å²) in [6.07, 6.45) is 9.09. The molecule has 2 heterocycles. The number of amides is 1. The Labute approximate surface area is 185 Å². The van der Waals surface area contributed by atoms with Gasteiger partial charge in [0.15, 0.2) is 9.84 Å². The molecular weight excluding hydrogens is 420 g/mol. The van der Waals surface area contributed by atoms with Crippen molar-refractivity contribution in [3.8, 4) is 0 Å². The van der Waals surface area contributed by atoms with Crippen LogP contribution in [0.4, 0.5) is 0 Å². The van der Waals surface area contributed by atoms with Crippen LogP contribution in [0, 0.1) is 0 Å². The van der Waals surface area contributed by atoms with Crippen LogP contribution < -0.4 is 0 Å². The number of benzene rings is 1. The molecule has 166 valence electrons. The highest BCUT2D eigenvalue weighted by molar-refractivity contribution is 7.91. The molecule has 1 aromatic carbocycles. The van der Waals surface area contributed by atoms with E-state index in [0.29, 0.717) is 19.0 Å². The fraction of sp³-hybridized carbons (Fsp3) is 0.696. The molecule has 0 bridgehead atoms. The molecule has 2 saturated heterocycles. The van der Waals surface area contributed by atoms with E-state index in [9.17, 15) is 13.2 Å². The number of nitrogens with zero attached hydrogens (tertiary/aromatic N) is 2. The van der Waals surface area contributed by atoms with Crippen molar-refractivity contribution >= 4 is 27.3 Å². The number of carbonyl (C=O) groups excluding carboxylic acids is 1. The predicted molar refractivity (Wildman–Crippen MR) is 121 cm³/mol. The molecule has 1 aromatic rings. The predicted octanol–water partition coefficient (Wildman–Crippen LogP) is 3.70. The second kappa shape index (κ2) is 9.58. The van der Waals surface area contributed by atoms with E-state index < -0.39 is 9.84 Å². The zero-order valence-corrected chi connectivity index (χ0v) is 19.2. The molecule has 2 atom stereocenters. The third-order valence-corrected chi connectivity index (χ3v) is 9.23. The number of halogens is 1. The van der Waals surface area contributed by atoms with Crippen molar-refractivity contribution in [2.24, 2.45) is 0 Å². The molecule has 1 amide bonds. The third-order valence-electron chi connectivity index (χ3n) is 7.11. The molecular formula is C23H33ClN2O3S. The zero-order chi connectivity index (χ0) is 21.1. The van der Waals surface area contributed by atoms with Crippen molar-refractivity contribution in [2.75, 3.05) is 24.6 Å². The Morgan fingerprint density at radius 3 is 2.50 bits per heavy atom. The lowest BCUT2D eigenvalue weighted by atomic mass is 9.92. The first-order valence-corrected chi connectivity index (χ1v) is 13.6. The summed E-state index contributed by atoms with van der Waals surface area (Å²) in [7, 11) is -3.02. The molecule has 5 nitrogen and oxygen atoms in total. The molecule has 1 aliphatic carbocycles. The van der Waals surface area contributed by atoms with E-state index in [-0.39, 0.29) is 29.5 Å². The van der Waals surface area contributed by atoms with Gasteiger partial charge in [0.1, 0.15) is 0 Å². The molecule has 3 fully saturated rings. The van der Waals surface area contributed by atoms with Crippen LogP contribution in [0.3, 0.4) is 0 Å². The largest absolute Gasteiger partial charge is 0.335 e. The van der Waals surface area contributed by atoms with Gasteiger partial charge in [0, 0.05) is 23.1 Å². The molecule has 2 aliphatic heterocycles. The summed E-state index contributed by atoms with van der Waals surface area (Å²) in [6.45, 7) is 1.31. The number of likely N-dealkylation sites (tertiary alicyclic amines) is 1. The Hall–Kier alpha value is -1.11. The third kappa shape index (κ3) is 5.20. The summed E-state index contributed by atoms with van der Waals surface area (Å²) in [4.78, 5) is 17.8. The van der Waals surface area contributed by atoms with Crippen LogP contribution in [-0.2, 0) is 21.1 Å². The number of rotatable bonds is 6. The normalized spacial score (nSPS) is 27.4. The van der Waals surface area contributed by atoms with Crippen molar-refractivity contribution in [1.82, 2.24) is 9.80 Å². The number of hydrogen-bond acceptors (Lipinski definition) is 4. The summed E-state index contributed by atoms with van der Waals surface area (Å²) in [6, 6.07) is 8.32. The zero-order valence-electron chi connectivity index (χ0n) is 17.6. The first-order valence-electron chi connectivity index (χ1n) is 11.4. The van der Waals surface area contributed by atoms with Gasteiger partial charge in [-0.15, -0.1) is 0 Å². The minimum absolute atomic E-state index is 0.120. The Balaban J connectivity index is 1.46. The van der Waals surface area contributed by atoms with Crippen LogP contribution >= 0.6 is 11.6 Å². The summed E-state index contributed by atoms with van der Waals surface area (Å²) >= 11 is 6.37. The summed E-state index contributed by atoms with van der Waals surface area (Å²) < 4.78 is 24.2. The highest BCUT2D eigenvalue weighted by Gasteiger charge is 2.39. The smallest absolute Gasteiger partial charge is 0.237 e. The van der Waals surface area contributed by atoms with Gasteiger partial charge in [0.2, 0.25) is 5.91 Å². The molecule has 30 heavy (non-hydrogen) atoms. The monoisotopic (exact) mass is 452 g/mol. The maximum absolute atomic E-state index is 13.5. The van der Waals surface area contributed by atoms with E-state index in [1.807, 2.05) is 23.1 Å². The van der Waals surface area contributed by atoms with E-state index in [2.05, 4.69) is 11.0 Å². The molecule has 4 rings (SSSR count). The lowest BCUT2D eigenvalue weighted by Crippen LogP contribution is -2.52. The minimum Gasteiger partial charge on any atom is -0.335 e. The van der Waals surface area contributed by atoms with Gasteiger partial charge in [-0.1, -0.05) is 49.1 Å². The van der Waals surface area contributed by atoms with Gasteiger partial charge in [-0.05, 0) is 56.7 Å². The van der Waals surface area contributed by atoms with Gasteiger partial charge in [0.25, 0.3) is 0 Å². The van der Waals surface area contributed by atoms with Gasteiger partial charge < -0.3 is 4.90 Å². The van der Waals surface area contributed by atoms with E-state index in [1.54, 1.807) is 0 Å². The van der Waals surface area contributed by atoms with Crippen molar-refractivity contribution < 1.29 is 13.2 Å². The molecule has 1 saturated carbocycles. The maximum Gasteiger partial charge on any atom is 0.237 e. The van der Waals surface area contributed by atoms with Gasteiger partial charge in [0.05, 0.1) is 18.1 Å². The van der Waals surface area contributed by atoms with E-state index >= 15 is 0 Å². The highest BCUT2D eigenvalue weighted by atomic mass is 35.5. The van der Waals surface area contributed by atoms with Crippen LogP contribution in [0.15, 0.2) is 24.3 Å². The lowest BCUT2D eigenvalue weighted by Gasteiger charge is -2.39. The van der Waals surface area contributed by atoms with E-state index in [4.69, 9.17) is 11.6 Å². The number of hydrogen-bond donors (Lipinski definition) is 0. The molecule has 0 N–H and O–H groups in total. The van der Waals surface area contributed by atoms with Crippen LogP contribution in [0.2, 0.25) is 5.02 Å². The standard InChI is InChI=1S/C23H33ClN2O3S/c24-22-11-5-4-7-18(22)15-20-10-6-13-25(20)16-23(27)26(19-8-2-1-3-9-19)21-12-14-30(28,29)17-21/h4-5,7,11,19-21H,1-3,6,8-10,12-17H2. The second-order valence-electron chi connectivity index (χ2n) is 9.21. The Kier molecular flexibility index (Phi) is 7.05. The van der Waals surface area contributed by atoms with Crippen molar-refractivity contribution in [3.63, 3.8) is 0 Å². The first-order chi connectivity index (χ1) is 14.4. The van der Waals surface area contributed by atoms with Crippen molar-refractivity contribution in [1.29, 1.82) is 0 Å². The molecule has 7 heteroatoms. The molecule has 3 aliphatic rings. The quantitative estimate of drug-likeness (QED) is 0.660. The Bertz CT molecular complexity index is 854. The van der Waals surface area contributed by atoms with Gasteiger partial charge >= 0.3 is 0 Å². The summed E-state index contributed by atoms with van der Waals surface area (Å²) in [5.41, 5.74) is 1.13. The number of carbonyl (C=O) groups is 1. The van der Waals surface area contributed by atoms with Crippen LogP contribution in [0.5, 0.6) is 0 Å². The van der Waals surface area contributed by atoms with E-state index in [0.717, 1.165) is 62.1 Å². The summed E-state index contributed by atoms with van der Waals surface area (Å²) in [5.74, 6) is 0.473. The first kappa shape index (κ1) is 22.1. The number of sulfone groups is 1. The SMILES string of the molecule is O=C(CN1CCCC1Cc1ccccc1Cl)N(C1CCCCC1)C1CCS(=O)(=O)C1. The van der Waals surface area contributed by atoms with Crippen LogP contribution in [0.1, 0.15) is 56.9 Å². The van der Waals surface area contributed by atoms with E-state index in [1.165, 1.54) is 6.42 Å². The Morgan fingerprint density at radius 2 is 1.80 bits per heavy atom. The van der Waals surface area contributed by atoms with Crippen molar-refractivity contribution in [3.05, 3.63) is 34.9 Å². The fourth-order valence-corrected chi connectivity index (χ4v) is 7.49. The van der Waals surface area contributed by atoms with Crippen LogP contribution in [0.25, 0.3) is 0 Å². The highest BCUT2D eigenvalue weighted by Crippen LogP contribution is 2.30. The average Bonchev–Trinajstić information content (AvgIpc) is 3.30. The second-order valence-corrected chi connectivity index (χ2v) is 11.8. The Morgan fingerprint density at radius 1 is 1.03 bits per heavy atom. The maximum atomic E-state index is 13.5. The van der Waals surface area contributed by atoms with Gasteiger partial charge in [-0.25, -0.2) is 8.42 Å². The fourth-order valence-electron chi connectivity index (χ4n) is 5.57. The van der Waals surface area contributed by atoms with Crippen LogP contribution in [-0.4, -0.2) is 66.8 Å². The molecule has 2 unspecified atom stereocenters. The van der Waals surface area contributed by atoms with Gasteiger partial charge in [-0.2, -0.15) is 0 Å². The minimum atomic E-state index is -3.02. The summed E-state index contributed by atoms with van der Waals surface area (Å²) in [5, 5.41) is 0.788. The average molecular weight is 453 g/mol.